The fraction of sp³-hybridized carbons (Fsp3) is 0.600. The van der Waals surface area contributed by atoms with Crippen molar-refractivity contribution < 1.29 is 4.79 Å². The number of carbonyl (C=O) groups is 1. The van der Waals surface area contributed by atoms with Crippen molar-refractivity contribution in [3.8, 4) is 0 Å². The first-order valence-electron chi connectivity index (χ1n) is 5.02. The Morgan fingerprint density at radius 1 is 1.73 bits per heavy atom. The predicted molar refractivity (Wildman–Crippen MR) is 61.8 cm³/mol. The molecular formula is C10H17N3OS. The van der Waals surface area contributed by atoms with Crippen molar-refractivity contribution in [3.05, 3.63) is 16.1 Å². The summed E-state index contributed by atoms with van der Waals surface area (Å²) in [6.45, 7) is 4.82. The summed E-state index contributed by atoms with van der Waals surface area (Å²) in [4.78, 5) is 15.7. The highest BCUT2D eigenvalue weighted by molar-refractivity contribution is 7.09. The Bertz CT molecular complexity index is 324. The molecule has 15 heavy (non-hydrogen) atoms. The van der Waals surface area contributed by atoms with Crippen LogP contribution in [0.3, 0.4) is 0 Å². The number of thiazole rings is 1. The van der Waals surface area contributed by atoms with Gasteiger partial charge in [-0.2, -0.15) is 0 Å². The zero-order chi connectivity index (χ0) is 11.3. The van der Waals surface area contributed by atoms with Gasteiger partial charge in [-0.25, -0.2) is 4.98 Å². The zero-order valence-electron chi connectivity index (χ0n) is 9.12. The lowest BCUT2D eigenvalue weighted by molar-refractivity contribution is -0.124. The standard InChI is InChI=1S/C10H17N3OS/c1-7(5-11)10(14)12-4-3-9-6-15-8(2)13-9/h6-7H,3-5,11H2,1-2H3,(H,12,14). The maximum Gasteiger partial charge on any atom is 0.224 e. The Balaban J connectivity index is 2.24. The lowest BCUT2D eigenvalue weighted by Crippen LogP contribution is -2.34. The van der Waals surface area contributed by atoms with Gasteiger partial charge in [-0.15, -0.1) is 11.3 Å². The number of hydrogen-bond donors (Lipinski definition) is 2. The van der Waals surface area contributed by atoms with Gasteiger partial charge in [-0.05, 0) is 6.92 Å². The molecule has 0 aromatic carbocycles. The highest BCUT2D eigenvalue weighted by Gasteiger charge is 2.09. The lowest BCUT2D eigenvalue weighted by atomic mass is 10.1. The van der Waals surface area contributed by atoms with E-state index in [1.54, 1.807) is 11.3 Å². The van der Waals surface area contributed by atoms with E-state index in [-0.39, 0.29) is 11.8 Å². The van der Waals surface area contributed by atoms with Crippen molar-refractivity contribution in [1.29, 1.82) is 0 Å². The number of carbonyl (C=O) groups excluding carboxylic acids is 1. The predicted octanol–water partition coefficient (Wildman–Crippen LogP) is 0.705. The molecule has 84 valence electrons. The summed E-state index contributed by atoms with van der Waals surface area (Å²) in [6, 6.07) is 0. The van der Waals surface area contributed by atoms with E-state index < -0.39 is 0 Å². The van der Waals surface area contributed by atoms with Crippen LogP contribution in [0.5, 0.6) is 0 Å². The van der Waals surface area contributed by atoms with E-state index >= 15 is 0 Å². The minimum atomic E-state index is -0.109. The van der Waals surface area contributed by atoms with E-state index in [1.807, 2.05) is 19.2 Å². The van der Waals surface area contributed by atoms with E-state index in [2.05, 4.69) is 10.3 Å². The first-order valence-corrected chi connectivity index (χ1v) is 5.90. The van der Waals surface area contributed by atoms with Crippen LogP contribution >= 0.6 is 11.3 Å². The zero-order valence-corrected chi connectivity index (χ0v) is 9.93. The van der Waals surface area contributed by atoms with Crippen LogP contribution in [0.25, 0.3) is 0 Å². The van der Waals surface area contributed by atoms with Gasteiger partial charge in [0.25, 0.3) is 0 Å². The summed E-state index contributed by atoms with van der Waals surface area (Å²) in [5.74, 6) is -0.0911. The number of hydrogen-bond acceptors (Lipinski definition) is 4. The quantitative estimate of drug-likeness (QED) is 0.778. The van der Waals surface area contributed by atoms with Gasteiger partial charge >= 0.3 is 0 Å². The second-order valence-electron chi connectivity index (χ2n) is 3.54. The molecule has 1 atom stereocenters. The molecule has 0 saturated heterocycles. The topological polar surface area (TPSA) is 68.0 Å². The Kier molecular flexibility index (Phi) is 4.71. The maximum absolute atomic E-state index is 11.4. The number of rotatable bonds is 5. The summed E-state index contributed by atoms with van der Waals surface area (Å²) < 4.78 is 0. The van der Waals surface area contributed by atoms with Crippen LogP contribution in [0.4, 0.5) is 0 Å². The molecule has 1 unspecified atom stereocenters. The number of aryl methyl sites for hydroxylation is 1. The molecule has 0 radical (unpaired) electrons. The highest BCUT2D eigenvalue weighted by Crippen LogP contribution is 2.07. The molecule has 1 amide bonds. The molecule has 0 bridgehead atoms. The lowest BCUT2D eigenvalue weighted by Gasteiger charge is -2.08. The van der Waals surface area contributed by atoms with Crippen LogP contribution in [0.1, 0.15) is 17.6 Å². The second kappa shape index (κ2) is 5.82. The summed E-state index contributed by atoms with van der Waals surface area (Å²) in [7, 11) is 0. The Morgan fingerprint density at radius 2 is 2.47 bits per heavy atom. The van der Waals surface area contributed by atoms with Crippen LogP contribution in [0.2, 0.25) is 0 Å². The van der Waals surface area contributed by atoms with Gasteiger partial charge in [-0.3, -0.25) is 4.79 Å². The average molecular weight is 227 g/mol. The van der Waals surface area contributed by atoms with Crippen LogP contribution in [-0.2, 0) is 11.2 Å². The third-order valence-corrected chi connectivity index (χ3v) is 2.97. The van der Waals surface area contributed by atoms with E-state index in [4.69, 9.17) is 5.73 Å². The van der Waals surface area contributed by atoms with Crippen LogP contribution in [0.15, 0.2) is 5.38 Å². The molecule has 5 heteroatoms. The average Bonchev–Trinajstić information content (AvgIpc) is 2.63. The van der Waals surface area contributed by atoms with Crippen LogP contribution in [-0.4, -0.2) is 24.0 Å². The molecule has 4 nitrogen and oxygen atoms in total. The fourth-order valence-corrected chi connectivity index (χ4v) is 1.77. The van der Waals surface area contributed by atoms with E-state index in [1.165, 1.54) is 0 Å². The minimum Gasteiger partial charge on any atom is -0.355 e. The van der Waals surface area contributed by atoms with Crippen LogP contribution in [0, 0.1) is 12.8 Å². The number of amides is 1. The molecule has 3 N–H and O–H groups in total. The smallest absolute Gasteiger partial charge is 0.224 e. The van der Waals surface area contributed by atoms with Gasteiger partial charge in [0.15, 0.2) is 0 Å². The van der Waals surface area contributed by atoms with Crippen molar-refractivity contribution in [2.45, 2.75) is 20.3 Å². The Labute approximate surface area is 93.9 Å². The van der Waals surface area contributed by atoms with Crippen molar-refractivity contribution in [1.82, 2.24) is 10.3 Å². The minimum absolute atomic E-state index is 0.0180. The number of nitrogens with two attached hydrogens (primary N) is 1. The molecule has 1 rings (SSSR count). The summed E-state index contributed by atoms with van der Waals surface area (Å²) >= 11 is 1.63. The summed E-state index contributed by atoms with van der Waals surface area (Å²) in [5, 5.41) is 5.92. The molecular weight excluding hydrogens is 210 g/mol. The molecule has 0 aliphatic carbocycles. The van der Waals surface area contributed by atoms with Gasteiger partial charge < -0.3 is 11.1 Å². The van der Waals surface area contributed by atoms with Crippen LogP contribution < -0.4 is 11.1 Å². The molecule has 0 spiro atoms. The first kappa shape index (κ1) is 12.1. The van der Waals surface area contributed by atoms with Crippen molar-refractivity contribution in [2.24, 2.45) is 11.7 Å². The third kappa shape index (κ3) is 3.97. The van der Waals surface area contributed by atoms with Crippen molar-refractivity contribution in [2.75, 3.05) is 13.1 Å². The second-order valence-corrected chi connectivity index (χ2v) is 4.60. The van der Waals surface area contributed by atoms with E-state index in [0.717, 1.165) is 17.1 Å². The molecule has 1 aromatic heterocycles. The third-order valence-electron chi connectivity index (χ3n) is 2.15. The Hall–Kier alpha value is -0.940. The van der Waals surface area contributed by atoms with Crippen molar-refractivity contribution >= 4 is 17.2 Å². The van der Waals surface area contributed by atoms with Gasteiger partial charge in [0.2, 0.25) is 5.91 Å². The molecule has 0 aliphatic heterocycles. The monoisotopic (exact) mass is 227 g/mol. The highest BCUT2D eigenvalue weighted by atomic mass is 32.1. The number of nitrogens with zero attached hydrogens (tertiary/aromatic N) is 1. The summed E-state index contributed by atoms with van der Waals surface area (Å²) in [5.41, 5.74) is 6.43. The number of aromatic nitrogens is 1. The van der Waals surface area contributed by atoms with E-state index in [9.17, 15) is 4.79 Å². The Morgan fingerprint density at radius 3 is 3.00 bits per heavy atom. The normalized spacial score (nSPS) is 12.5. The van der Waals surface area contributed by atoms with E-state index in [0.29, 0.717) is 13.1 Å². The van der Waals surface area contributed by atoms with Gasteiger partial charge in [-0.1, -0.05) is 6.92 Å². The largest absolute Gasteiger partial charge is 0.355 e. The fourth-order valence-electron chi connectivity index (χ4n) is 1.12. The SMILES string of the molecule is Cc1nc(CCNC(=O)C(C)CN)cs1. The van der Waals surface area contributed by atoms with Gasteiger partial charge in [0, 0.05) is 30.8 Å². The molecule has 1 heterocycles. The molecule has 1 aromatic rings. The van der Waals surface area contributed by atoms with Crippen molar-refractivity contribution in [3.63, 3.8) is 0 Å². The number of nitrogens with one attached hydrogen (secondary N) is 1. The molecule has 0 saturated carbocycles. The maximum atomic E-state index is 11.4. The first-order chi connectivity index (χ1) is 7.13. The summed E-state index contributed by atoms with van der Waals surface area (Å²) in [6.07, 6.45) is 0.785. The van der Waals surface area contributed by atoms with Gasteiger partial charge in [0.1, 0.15) is 0 Å². The molecule has 0 aliphatic rings. The molecule has 0 fully saturated rings. The van der Waals surface area contributed by atoms with Gasteiger partial charge in [0.05, 0.1) is 10.7 Å².